The molecule has 1 N–H and O–H groups in total. The minimum Gasteiger partial charge on any atom is -0.468 e. The number of nitrogens with one attached hydrogen (secondary N) is 1. The zero-order valence-electron chi connectivity index (χ0n) is 10.3. The van der Waals surface area contributed by atoms with Gasteiger partial charge in [0.05, 0.1) is 7.11 Å². The van der Waals surface area contributed by atoms with Crippen LogP contribution in [0.1, 0.15) is 17.2 Å². The monoisotopic (exact) mass is 249 g/mol. The molecule has 0 bridgehead atoms. The fourth-order valence-corrected chi connectivity index (χ4v) is 1.52. The van der Waals surface area contributed by atoms with Gasteiger partial charge in [-0.15, -0.1) is 0 Å². The third kappa shape index (κ3) is 3.73. The first-order chi connectivity index (χ1) is 8.70. The molecule has 1 rings (SSSR count). The van der Waals surface area contributed by atoms with Crippen LogP contribution in [0.4, 0.5) is 0 Å². The highest BCUT2D eigenvalue weighted by Crippen LogP contribution is 2.17. The number of hydrogen-bond acceptors (Lipinski definition) is 5. The Balaban J connectivity index is 2.82. The highest BCUT2D eigenvalue weighted by atomic mass is 16.5. The number of carbonyl (C=O) groups is 1. The van der Waals surface area contributed by atoms with Crippen LogP contribution in [-0.2, 0) is 9.53 Å². The van der Waals surface area contributed by atoms with E-state index in [1.165, 1.54) is 7.11 Å². The van der Waals surface area contributed by atoms with Gasteiger partial charge in [0.15, 0.2) is 0 Å². The smallest absolute Gasteiger partial charge is 0.327 e. The van der Waals surface area contributed by atoms with E-state index in [4.69, 9.17) is 10.3 Å². The first-order valence-electron chi connectivity index (χ1n) is 5.43. The predicted molar refractivity (Wildman–Crippen MR) is 65.7 cm³/mol. The van der Waals surface area contributed by atoms with Crippen LogP contribution in [0.2, 0.25) is 0 Å². The lowest BCUT2D eigenvalue weighted by atomic mass is 10.0. The lowest BCUT2D eigenvalue weighted by molar-refractivity contribution is -0.143. The van der Waals surface area contributed by atoms with Gasteiger partial charge >= 0.3 is 5.97 Å². The van der Waals surface area contributed by atoms with Crippen molar-refractivity contribution in [3.05, 3.63) is 40.0 Å². The van der Waals surface area contributed by atoms with E-state index >= 15 is 0 Å². The maximum atomic E-state index is 11.7. The van der Waals surface area contributed by atoms with Gasteiger partial charge in [0.25, 0.3) is 0 Å². The van der Waals surface area contributed by atoms with Crippen LogP contribution in [0.25, 0.3) is 10.4 Å². The van der Waals surface area contributed by atoms with Crippen LogP contribution < -0.4 is 5.32 Å². The van der Waals surface area contributed by atoms with Gasteiger partial charge in [0.2, 0.25) is 0 Å². The number of nitrogens with zero attached hydrogens (tertiary/aromatic N) is 4. The molecular weight excluding hydrogens is 234 g/mol. The number of pyridine rings is 1. The highest BCUT2D eigenvalue weighted by Gasteiger charge is 2.22. The second kappa shape index (κ2) is 7.26. The van der Waals surface area contributed by atoms with Crippen molar-refractivity contribution in [3.8, 4) is 0 Å². The normalized spacial score (nSPS) is 11.4. The second-order valence-corrected chi connectivity index (χ2v) is 3.60. The van der Waals surface area contributed by atoms with Crippen LogP contribution in [0.3, 0.4) is 0 Å². The maximum Gasteiger partial charge on any atom is 0.327 e. The number of azide groups is 1. The molecule has 0 amide bonds. The Labute approximate surface area is 105 Å². The summed E-state index contributed by atoms with van der Waals surface area (Å²) >= 11 is 0. The molecule has 7 nitrogen and oxygen atoms in total. The lowest BCUT2D eigenvalue weighted by Gasteiger charge is -2.17. The third-order valence-corrected chi connectivity index (χ3v) is 2.45. The van der Waals surface area contributed by atoms with Crippen LogP contribution in [0.5, 0.6) is 0 Å². The summed E-state index contributed by atoms with van der Waals surface area (Å²) in [6.07, 6.45) is 3.28. The largest absolute Gasteiger partial charge is 0.468 e. The zero-order valence-corrected chi connectivity index (χ0v) is 10.3. The third-order valence-electron chi connectivity index (χ3n) is 2.45. The number of ether oxygens (including phenoxy) is 1. The van der Waals surface area contributed by atoms with E-state index in [2.05, 4.69) is 20.3 Å². The Morgan fingerprint density at radius 2 is 2.50 bits per heavy atom. The van der Waals surface area contributed by atoms with E-state index in [-0.39, 0.29) is 6.54 Å². The van der Waals surface area contributed by atoms with E-state index in [1.807, 2.05) is 13.0 Å². The highest BCUT2D eigenvalue weighted by molar-refractivity contribution is 5.77. The molecule has 0 saturated heterocycles. The van der Waals surface area contributed by atoms with Crippen molar-refractivity contribution in [2.24, 2.45) is 5.11 Å². The molecule has 0 aliphatic heterocycles. The zero-order chi connectivity index (χ0) is 13.4. The summed E-state index contributed by atoms with van der Waals surface area (Å²) in [5, 5.41) is 6.38. The van der Waals surface area contributed by atoms with E-state index in [9.17, 15) is 4.79 Å². The number of hydrogen-bond donors (Lipinski definition) is 1. The van der Waals surface area contributed by atoms with Gasteiger partial charge in [-0.25, -0.2) is 4.79 Å². The Bertz CT molecular complexity index is 457. The molecule has 0 aliphatic carbocycles. The molecule has 0 aliphatic rings. The maximum absolute atomic E-state index is 11.7. The predicted octanol–water partition coefficient (Wildman–Crippen LogP) is 1.50. The molecule has 1 unspecified atom stereocenters. The molecule has 0 saturated carbocycles. The lowest BCUT2D eigenvalue weighted by Crippen LogP contribution is -2.32. The average molecular weight is 249 g/mol. The number of aromatic nitrogens is 1. The second-order valence-electron chi connectivity index (χ2n) is 3.60. The Hall–Kier alpha value is -2.11. The Morgan fingerprint density at radius 1 is 1.72 bits per heavy atom. The molecule has 0 radical (unpaired) electrons. The van der Waals surface area contributed by atoms with Crippen LogP contribution >= 0.6 is 0 Å². The van der Waals surface area contributed by atoms with Crippen molar-refractivity contribution in [3.63, 3.8) is 0 Å². The van der Waals surface area contributed by atoms with Crippen LogP contribution in [-0.4, -0.2) is 31.2 Å². The summed E-state index contributed by atoms with van der Waals surface area (Å²) in [6, 6.07) is 1.22. The van der Waals surface area contributed by atoms with Gasteiger partial charge in [0, 0.05) is 36.0 Å². The first-order valence-corrected chi connectivity index (χ1v) is 5.43. The van der Waals surface area contributed by atoms with E-state index in [1.54, 1.807) is 12.4 Å². The summed E-state index contributed by atoms with van der Waals surface area (Å²) in [7, 11) is 1.33. The molecule has 0 fully saturated rings. The first kappa shape index (κ1) is 14.0. The minimum absolute atomic E-state index is 0.267. The van der Waals surface area contributed by atoms with Crippen molar-refractivity contribution >= 4 is 5.97 Å². The van der Waals surface area contributed by atoms with Gasteiger partial charge in [-0.2, -0.15) is 0 Å². The van der Waals surface area contributed by atoms with Crippen LogP contribution in [0, 0.1) is 6.92 Å². The SMILES string of the molecule is COC(=O)C(NCCN=[N+]=[N-])c1cnccc1C. The van der Waals surface area contributed by atoms with Gasteiger partial charge in [-0.05, 0) is 24.1 Å². The summed E-state index contributed by atoms with van der Waals surface area (Å²) in [4.78, 5) is 18.4. The number of aryl methyl sites for hydroxylation is 1. The van der Waals surface area contributed by atoms with Gasteiger partial charge in [-0.1, -0.05) is 5.11 Å². The molecular formula is C11H15N5O2. The van der Waals surface area contributed by atoms with Gasteiger partial charge in [0.1, 0.15) is 6.04 Å². The van der Waals surface area contributed by atoms with Crippen molar-refractivity contribution in [1.29, 1.82) is 0 Å². The van der Waals surface area contributed by atoms with Gasteiger partial charge < -0.3 is 10.1 Å². The fraction of sp³-hybridized carbons (Fsp3) is 0.455. The number of methoxy groups -OCH3 is 1. The Morgan fingerprint density at radius 3 is 3.11 bits per heavy atom. The van der Waals surface area contributed by atoms with E-state index in [0.717, 1.165) is 11.1 Å². The van der Waals surface area contributed by atoms with Gasteiger partial charge in [-0.3, -0.25) is 4.98 Å². The molecule has 1 heterocycles. The molecule has 7 heteroatoms. The summed E-state index contributed by atoms with van der Waals surface area (Å²) < 4.78 is 4.75. The van der Waals surface area contributed by atoms with Crippen molar-refractivity contribution in [2.45, 2.75) is 13.0 Å². The molecule has 1 atom stereocenters. The summed E-state index contributed by atoms with van der Waals surface area (Å²) in [5.74, 6) is -0.396. The van der Waals surface area contributed by atoms with Crippen molar-refractivity contribution in [1.82, 2.24) is 10.3 Å². The Kier molecular flexibility index (Phi) is 5.63. The van der Waals surface area contributed by atoms with Crippen molar-refractivity contribution in [2.75, 3.05) is 20.2 Å². The molecule has 0 spiro atoms. The topological polar surface area (TPSA) is 100.0 Å². The van der Waals surface area contributed by atoms with E-state index in [0.29, 0.717) is 6.54 Å². The summed E-state index contributed by atoms with van der Waals surface area (Å²) in [5.41, 5.74) is 9.87. The molecule has 0 aromatic carbocycles. The average Bonchev–Trinajstić information content (AvgIpc) is 2.39. The fourth-order valence-electron chi connectivity index (χ4n) is 1.52. The number of esters is 1. The molecule has 96 valence electrons. The summed E-state index contributed by atoms with van der Waals surface area (Å²) in [6.45, 7) is 2.55. The number of rotatable bonds is 6. The molecule has 1 aromatic heterocycles. The molecule has 1 aromatic rings. The number of carbonyl (C=O) groups excluding carboxylic acids is 1. The minimum atomic E-state index is -0.599. The molecule has 18 heavy (non-hydrogen) atoms. The van der Waals surface area contributed by atoms with Crippen LogP contribution in [0.15, 0.2) is 23.6 Å². The standard InChI is InChI=1S/C11H15N5O2/c1-8-3-4-13-7-9(8)10(11(17)18-2)14-5-6-15-16-12/h3-4,7,10,14H,5-6H2,1-2H3. The quantitative estimate of drug-likeness (QED) is 0.271. The van der Waals surface area contributed by atoms with Crippen molar-refractivity contribution < 1.29 is 9.53 Å². The van der Waals surface area contributed by atoms with E-state index < -0.39 is 12.0 Å².